The van der Waals surface area contributed by atoms with Crippen molar-refractivity contribution in [3.63, 3.8) is 0 Å². The van der Waals surface area contributed by atoms with Gasteiger partial charge in [0.2, 0.25) is 0 Å². The first-order valence-corrected chi connectivity index (χ1v) is 6.41. The van der Waals surface area contributed by atoms with Crippen LogP contribution in [0.2, 0.25) is 0 Å². The lowest BCUT2D eigenvalue weighted by atomic mass is 10.1. The van der Waals surface area contributed by atoms with Gasteiger partial charge in [0.25, 0.3) is 5.69 Å². The van der Waals surface area contributed by atoms with Crippen molar-refractivity contribution in [2.75, 3.05) is 0 Å². The first-order chi connectivity index (χ1) is 9.93. The van der Waals surface area contributed by atoms with Crippen LogP contribution in [-0.4, -0.2) is 24.8 Å². The second kappa shape index (κ2) is 5.96. The van der Waals surface area contributed by atoms with Gasteiger partial charge in [0.15, 0.2) is 11.6 Å². The molecule has 7 nitrogen and oxygen atoms in total. The molecule has 0 saturated carbocycles. The van der Waals surface area contributed by atoms with E-state index in [1.54, 1.807) is 4.57 Å². The Kier molecular flexibility index (Phi) is 4.27. The van der Waals surface area contributed by atoms with E-state index in [9.17, 15) is 19.6 Å². The summed E-state index contributed by atoms with van der Waals surface area (Å²) in [6.07, 6.45) is 0. The molecule has 0 aliphatic carbocycles. The molecule has 0 aliphatic rings. The van der Waals surface area contributed by atoms with E-state index in [-0.39, 0.29) is 29.6 Å². The summed E-state index contributed by atoms with van der Waals surface area (Å²) in [6.45, 7) is 4.09. The molecule has 1 heterocycles. The molecule has 0 unspecified atom stereocenters. The van der Waals surface area contributed by atoms with Crippen molar-refractivity contribution in [3.05, 3.63) is 40.0 Å². The minimum absolute atomic E-state index is 0.175. The van der Waals surface area contributed by atoms with E-state index in [4.69, 9.17) is 0 Å². The fourth-order valence-corrected chi connectivity index (χ4v) is 2.05. The molecule has 0 spiro atoms. The number of aromatic nitrogens is 3. The number of hydrogen-bond donors (Lipinski definition) is 1. The number of aliphatic hydroxyl groups excluding tert-OH is 1. The Bertz CT molecular complexity index is 669. The van der Waals surface area contributed by atoms with Crippen LogP contribution in [0.15, 0.2) is 18.2 Å². The summed E-state index contributed by atoms with van der Waals surface area (Å²) in [5, 5.41) is 28.1. The predicted molar refractivity (Wildman–Crippen MR) is 72.8 cm³/mol. The van der Waals surface area contributed by atoms with Gasteiger partial charge in [0.1, 0.15) is 12.4 Å². The molecule has 1 aromatic heterocycles. The van der Waals surface area contributed by atoms with Crippen LogP contribution in [0.4, 0.5) is 10.1 Å². The zero-order valence-electron chi connectivity index (χ0n) is 11.7. The molecule has 1 aromatic carbocycles. The Morgan fingerprint density at radius 1 is 1.43 bits per heavy atom. The average molecular weight is 294 g/mol. The third kappa shape index (κ3) is 3.05. The summed E-state index contributed by atoms with van der Waals surface area (Å²) in [7, 11) is 0. The van der Waals surface area contributed by atoms with Crippen LogP contribution in [-0.2, 0) is 13.2 Å². The van der Waals surface area contributed by atoms with Gasteiger partial charge in [-0.05, 0) is 18.1 Å². The fraction of sp³-hybridized carbons (Fsp3) is 0.385. The molecule has 0 fully saturated rings. The van der Waals surface area contributed by atoms with E-state index >= 15 is 0 Å². The van der Waals surface area contributed by atoms with E-state index in [0.717, 1.165) is 12.1 Å². The van der Waals surface area contributed by atoms with Crippen molar-refractivity contribution in [3.8, 4) is 11.4 Å². The maximum Gasteiger partial charge on any atom is 0.283 e. The maximum atomic E-state index is 13.2. The zero-order chi connectivity index (χ0) is 15.6. The van der Waals surface area contributed by atoms with Gasteiger partial charge in [-0.2, -0.15) is 0 Å². The maximum absolute atomic E-state index is 13.2. The minimum Gasteiger partial charge on any atom is -0.388 e. The van der Waals surface area contributed by atoms with Crippen LogP contribution in [0.1, 0.15) is 19.7 Å². The Balaban J connectivity index is 2.62. The first kappa shape index (κ1) is 15.0. The summed E-state index contributed by atoms with van der Waals surface area (Å²) in [4.78, 5) is 10.4. The van der Waals surface area contributed by atoms with Crippen molar-refractivity contribution in [2.45, 2.75) is 27.0 Å². The molecule has 0 atom stereocenters. The average Bonchev–Trinajstić information content (AvgIpc) is 2.80. The van der Waals surface area contributed by atoms with Gasteiger partial charge in [-0.1, -0.05) is 13.8 Å². The monoisotopic (exact) mass is 294 g/mol. The molecule has 8 heteroatoms. The largest absolute Gasteiger partial charge is 0.388 e. The van der Waals surface area contributed by atoms with Crippen LogP contribution in [0.3, 0.4) is 0 Å². The van der Waals surface area contributed by atoms with Crippen LogP contribution in [0.25, 0.3) is 11.4 Å². The van der Waals surface area contributed by atoms with Crippen molar-refractivity contribution in [1.82, 2.24) is 14.8 Å². The molecule has 1 N–H and O–H groups in total. The molecular weight excluding hydrogens is 279 g/mol. The lowest BCUT2D eigenvalue weighted by molar-refractivity contribution is -0.384. The van der Waals surface area contributed by atoms with Crippen molar-refractivity contribution in [1.29, 1.82) is 0 Å². The first-order valence-electron chi connectivity index (χ1n) is 6.41. The van der Waals surface area contributed by atoms with Crippen LogP contribution in [0.5, 0.6) is 0 Å². The standard InChI is InChI=1S/C13H15FN4O3/c1-8(2)6-17-12(7-19)15-16-13(17)10-4-3-9(14)5-11(10)18(20)21/h3-5,8,19H,6-7H2,1-2H3. The summed E-state index contributed by atoms with van der Waals surface area (Å²) < 4.78 is 14.8. The number of aliphatic hydroxyl groups is 1. The summed E-state index contributed by atoms with van der Waals surface area (Å²) in [6, 6.07) is 3.28. The summed E-state index contributed by atoms with van der Waals surface area (Å²) in [5.41, 5.74) is -0.203. The van der Waals surface area contributed by atoms with Crippen molar-refractivity contribution >= 4 is 5.69 Å². The van der Waals surface area contributed by atoms with Crippen molar-refractivity contribution < 1.29 is 14.4 Å². The Labute approximate surface area is 120 Å². The molecule has 0 amide bonds. The zero-order valence-corrected chi connectivity index (χ0v) is 11.7. The van der Waals surface area contributed by atoms with Gasteiger partial charge in [0, 0.05) is 6.54 Å². The topological polar surface area (TPSA) is 94.1 Å². The number of benzene rings is 1. The second-order valence-corrected chi connectivity index (χ2v) is 5.02. The molecule has 21 heavy (non-hydrogen) atoms. The minimum atomic E-state index is -0.692. The van der Waals surface area contributed by atoms with Crippen LogP contribution in [0, 0.1) is 21.8 Å². The van der Waals surface area contributed by atoms with Gasteiger partial charge >= 0.3 is 0 Å². The lowest BCUT2D eigenvalue weighted by Crippen LogP contribution is -2.10. The smallest absolute Gasteiger partial charge is 0.283 e. The number of nitro groups is 1. The van der Waals surface area contributed by atoms with Gasteiger partial charge in [-0.3, -0.25) is 10.1 Å². The number of nitro benzene ring substituents is 1. The third-order valence-corrected chi connectivity index (χ3v) is 2.91. The number of hydrogen-bond acceptors (Lipinski definition) is 5. The number of rotatable bonds is 5. The van der Waals surface area contributed by atoms with Gasteiger partial charge in [-0.25, -0.2) is 4.39 Å². The van der Waals surface area contributed by atoms with Crippen LogP contribution < -0.4 is 0 Å². The molecular formula is C13H15FN4O3. The molecule has 0 radical (unpaired) electrons. The van der Waals surface area contributed by atoms with Gasteiger partial charge in [-0.15, -0.1) is 10.2 Å². The second-order valence-electron chi connectivity index (χ2n) is 5.02. The quantitative estimate of drug-likeness (QED) is 0.673. The highest BCUT2D eigenvalue weighted by molar-refractivity contribution is 5.68. The summed E-state index contributed by atoms with van der Waals surface area (Å²) >= 11 is 0. The molecule has 0 bridgehead atoms. The molecule has 112 valence electrons. The number of halogens is 1. The molecule has 0 aliphatic heterocycles. The lowest BCUT2D eigenvalue weighted by Gasteiger charge is -2.12. The SMILES string of the molecule is CC(C)Cn1c(CO)nnc1-c1ccc(F)cc1[N+](=O)[O-]. The Hall–Kier alpha value is -2.35. The van der Waals surface area contributed by atoms with E-state index in [1.165, 1.54) is 6.07 Å². The van der Waals surface area contributed by atoms with Gasteiger partial charge < -0.3 is 9.67 Å². The predicted octanol–water partition coefficient (Wildman–Crippen LogP) is 2.14. The highest BCUT2D eigenvalue weighted by Crippen LogP contribution is 2.30. The molecule has 2 aromatic rings. The third-order valence-electron chi connectivity index (χ3n) is 2.91. The summed E-state index contributed by atoms with van der Waals surface area (Å²) in [5.74, 6) is 0.101. The Morgan fingerprint density at radius 2 is 2.14 bits per heavy atom. The van der Waals surface area contributed by atoms with E-state index in [2.05, 4.69) is 10.2 Å². The van der Waals surface area contributed by atoms with Gasteiger partial charge in [0.05, 0.1) is 16.6 Å². The van der Waals surface area contributed by atoms with E-state index < -0.39 is 10.7 Å². The highest BCUT2D eigenvalue weighted by Gasteiger charge is 2.23. The van der Waals surface area contributed by atoms with E-state index in [0.29, 0.717) is 12.4 Å². The number of nitrogens with zero attached hydrogens (tertiary/aromatic N) is 4. The Morgan fingerprint density at radius 3 is 2.71 bits per heavy atom. The fourth-order valence-electron chi connectivity index (χ4n) is 2.05. The molecule has 0 saturated heterocycles. The highest BCUT2D eigenvalue weighted by atomic mass is 19.1. The van der Waals surface area contributed by atoms with E-state index in [1.807, 2.05) is 13.8 Å². The normalized spacial score (nSPS) is 11.1. The van der Waals surface area contributed by atoms with Crippen molar-refractivity contribution in [2.24, 2.45) is 5.92 Å². The van der Waals surface area contributed by atoms with Crippen LogP contribution >= 0.6 is 0 Å². The molecule has 2 rings (SSSR count).